The molecule has 0 aromatic heterocycles. The highest BCUT2D eigenvalue weighted by molar-refractivity contribution is 5.67. The molecule has 0 bridgehead atoms. The molecule has 102 valence electrons. The third-order valence-electron chi connectivity index (χ3n) is 3.33. The van der Waals surface area contributed by atoms with E-state index in [9.17, 15) is 9.18 Å². The Morgan fingerprint density at radius 3 is 2.44 bits per heavy atom. The van der Waals surface area contributed by atoms with Crippen molar-refractivity contribution in [2.45, 2.75) is 50.2 Å². The molecule has 3 nitrogen and oxygen atoms in total. The summed E-state index contributed by atoms with van der Waals surface area (Å²) in [5, 5.41) is 0. The zero-order valence-electron chi connectivity index (χ0n) is 10.9. The monoisotopic (exact) mass is 255 g/mol. The Balaban J connectivity index is 0.000000199. The highest BCUT2D eigenvalue weighted by Crippen LogP contribution is 2.24. The van der Waals surface area contributed by atoms with E-state index in [-0.39, 0.29) is 12.2 Å². The Morgan fingerprint density at radius 2 is 2.11 bits per heavy atom. The molecule has 0 heterocycles. The smallest absolute Gasteiger partial charge is 0.156 e. The van der Waals surface area contributed by atoms with Gasteiger partial charge in [0.2, 0.25) is 0 Å². The zero-order chi connectivity index (χ0) is 13.4. The van der Waals surface area contributed by atoms with Gasteiger partial charge in [-0.15, -0.1) is 0 Å². The molecule has 2 N–H and O–H groups in total. The minimum Gasteiger partial charge on any atom is -0.366 e. The molecule has 2 rings (SSSR count). The summed E-state index contributed by atoms with van der Waals surface area (Å²) in [5.41, 5.74) is 4.56. The van der Waals surface area contributed by atoms with Crippen LogP contribution in [0.25, 0.3) is 0 Å². The highest BCUT2D eigenvalue weighted by Gasteiger charge is 2.29. The molecule has 0 aliphatic heterocycles. The van der Waals surface area contributed by atoms with Crippen molar-refractivity contribution >= 4 is 6.29 Å². The van der Waals surface area contributed by atoms with Gasteiger partial charge in [0.1, 0.15) is 11.4 Å². The number of carbonyl (C=O) groups is 1. The average Bonchev–Trinajstić information content (AvgIpc) is 2.40. The van der Waals surface area contributed by atoms with Crippen LogP contribution >= 0.6 is 0 Å². The third kappa shape index (κ3) is 4.70. The summed E-state index contributed by atoms with van der Waals surface area (Å²) in [6.45, 7) is 0. The number of allylic oxidation sites excluding steroid dienone is 2. The summed E-state index contributed by atoms with van der Waals surface area (Å²) in [5.74, 6) is -0.332. The minimum absolute atomic E-state index is 0.00347. The van der Waals surface area contributed by atoms with E-state index in [1.807, 2.05) is 0 Å². The molecule has 0 radical (unpaired) electrons. The molecule has 2 aliphatic rings. The van der Waals surface area contributed by atoms with Crippen LogP contribution in [0, 0.1) is 0 Å². The van der Waals surface area contributed by atoms with Gasteiger partial charge in [0, 0.05) is 19.6 Å². The van der Waals surface area contributed by atoms with Gasteiger partial charge in [-0.05, 0) is 25.0 Å². The van der Waals surface area contributed by atoms with Crippen molar-refractivity contribution in [3.05, 3.63) is 24.1 Å². The van der Waals surface area contributed by atoms with Crippen LogP contribution in [0.4, 0.5) is 4.39 Å². The summed E-state index contributed by atoms with van der Waals surface area (Å²) >= 11 is 0. The predicted octanol–water partition coefficient (Wildman–Crippen LogP) is 2.66. The molecule has 4 heteroatoms. The van der Waals surface area contributed by atoms with E-state index >= 15 is 0 Å². The number of nitrogens with two attached hydrogens (primary N) is 1. The van der Waals surface area contributed by atoms with Gasteiger partial charge in [0.05, 0.1) is 0 Å². The molecule has 18 heavy (non-hydrogen) atoms. The summed E-state index contributed by atoms with van der Waals surface area (Å²) in [6.07, 6.45) is 11.6. The SMILES string of the molecule is COC1(C=O)C=CC=C(F)C1.NC1CCCCC1. The number of rotatable bonds is 2. The third-order valence-corrected chi connectivity index (χ3v) is 3.33. The van der Waals surface area contributed by atoms with Crippen molar-refractivity contribution in [3.8, 4) is 0 Å². The van der Waals surface area contributed by atoms with Crippen LogP contribution in [-0.2, 0) is 9.53 Å². The largest absolute Gasteiger partial charge is 0.366 e. The molecule has 1 unspecified atom stereocenters. The molecule has 0 saturated heterocycles. The van der Waals surface area contributed by atoms with Crippen LogP contribution in [0.1, 0.15) is 38.5 Å². The maximum Gasteiger partial charge on any atom is 0.156 e. The number of hydrogen-bond donors (Lipinski definition) is 1. The van der Waals surface area contributed by atoms with E-state index in [0.717, 1.165) is 0 Å². The summed E-state index contributed by atoms with van der Waals surface area (Å²) in [6, 6.07) is 0.536. The molecule has 0 aromatic rings. The van der Waals surface area contributed by atoms with Crippen molar-refractivity contribution in [2.75, 3.05) is 7.11 Å². The zero-order valence-corrected chi connectivity index (χ0v) is 10.9. The molecule has 0 spiro atoms. The van der Waals surface area contributed by atoms with E-state index < -0.39 is 5.60 Å². The summed E-state index contributed by atoms with van der Waals surface area (Å²) < 4.78 is 17.5. The Kier molecular flexibility index (Phi) is 6.22. The second kappa shape index (κ2) is 7.44. The fraction of sp³-hybridized carbons (Fsp3) is 0.643. The van der Waals surface area contributed by atoms with Gasteiger partial charge in [-0.25, -0.2) is 4.39 Å². The predicted molar refractivity (Wildman–Crippen MR) is 69.8 cm³/mol. The van der Waals surface area contributed by atoms with Gasteiger partial charge < -0.3 is 10.5 Å². The molecule has 1 fully saturated rings. The fourth-order valence-electron chi connectivity index (χ4n) is 2.10. The molecule has 2 aliphatic carbocycles. The molecule has 0 aromatic carbocycles. The Labute approximate surface area is 108 Å². The number of methoxy groups -OCH3 is 1. The van der Waals surface area contributed by atoms with Gasteiger partial charge in [-0.2, -0.15) is 0 Å². The number of carbonyl (C=O) groups excluding carboxylic acids is 1. The van der Waals surface area contributed by atoms with E-state index in [1.165, 1.54) is 51.4 Å². The van der Waals surface area contributed by atoms with E-state index in [0.29, 0.717) is 12.3 Å². The Hall–Kier alpha value is -1.00. The van der Waals surface area contributed by atoms with Gasteiger partial charge >= 0.3 is 0 Å². The quantitative estimate of drug-likeness (QED) is 0.772. The van der Waals surface area contributed by atoms with Crippen LogP contribution in [0.2, 0.25) is 0 Å². The molecule has 0 amide bonds. The molecule has 1 saturated carbocycles. The van der Waals surface area contributed by atoms with Crippen LogP contribution in [0.15, 0.2) is 24.1 Å². The first-order chi connectivity index (χ1) is 8.62. The van der Waals surface area contributed by atoms with Gasteiger partial charge in [-0.1, -0.05) is 25.3 Å². The average molecular weight is 255 g/mol. The normalized spacial score (nSPS) is 28.1. The topological polar surface area (TPSA) is 52.3 Å². The Bertz CT molecular complexity index is 322. The first-order valence-electron chi connectivity index (χ1n) is 6.43. The first-order valence-corrected chi connectivity index (χ1v) is 6.43. The number of aldehydes is 1. The molecular weight excluding hydrogens is 233 g/mol. The van der Waals surface area contributed by atoms with Gasteiger partial charge in [-0.3, -0.25) is 4.79 Å². The lowest BCUT2D eigenvalue weighted by atomic mass is 9.96. The van der Waals surface area contributed by atoms with Gasteiger partial charge in [0.15, 0.2) is 6.29 Å². The maximum absolute atomic E-state index is 12.6. The lowest BCUT2D eigenvalue weighted by Gasteiger charge is -2.23. The van der Waals surface area contributed by atoms with E-state index in [1.54, 1.807) is 6.08 Å². The Morgan fingerprint density at radius 1 is 1.44 bits per heavy atom. The van der Waals surface area contributed by atoms with Crippen molar-refractivity contribution in [3.63, 3.8) is 0 Å². The standard InChI is InChI=1S/C8H9FO2.C6H13N/c1-11-8(6-10)4-2-3-7(9)5-8;7-6-4-2-1-3-5-6/h2-4,6H,5H2,1H3;6H,1-5,7H2. The number of hydrogen-bond acceptors (Lipinski definition) is 3. The lowest BCUT2D eigenvalue weighted by Crippen LogP contribution is -2.32. The van der Waals surface area contributed by atoms with Crippen molar-refractivity contribution < 1.29 is 13.9 Å². The maximum atomic E-state index is 12.6. The van der Waals surface area contributed by atoms with Crippen LogP contribution < -0.4 is 5.73 Å². The summed E-state index contributed by atoms with van der Waals surface area (Å²) in [7, 11) is 1.39. The number of halogens is 1. The minimum atomic E-state index is -1.07. The van der Waals surface area contributed by atoms with Crippen molar-refractivity contribution in [2.24, 2.45) is 5.73 Å². The van der Waals surface area contributed by atoms with Crippen molar-refractivity contribution in [1.29, 1.82) is 0 Å². The molecule has 1 atom stereocenters. The second-order valence-corrected chi connectivity index (χ2v) is 4.82. The second-order valence-electron chi connectivity index (χ2n) is 4.82. The highest BCUT2D eigenvalue weighted by atomic mass is 19.1. The lowest BCUT2D eigenvalue weighted by molar-refractivity contribution is -0.122. The van der Waals surface area contributed by atoms with Crippen LogP contribution in [-0.4, -0.2) is 25.0 Å². The van der Waals surface area contributed by atoms with Crippen LogP contribution in [0.5, 0.6) is 0 Å². The van der Waals surface area contributed by atoms with Crippen LogP contribution in [0.3, 0.4) is 0 Å². The summed E-state index contributed by atoms with van der Waals surface area (Å²) in [4.78, 5) is 10.5. The van der Waals surface area contributed by atoms with E-state index in [4.69, 9.17) is 10.5 Å². The molecular formula is C14H22FNO2. The number of ether oxygens (including phenoxy) is 1. The van der Waals surface area contributed by atoms with Crippen molar-refractivity contribution in [1.82, 2.24) is 0 Å². The van der Waals surface area contributed by atoms with Gasteiger partial charge in [0.25, 0.3) is 0 Å². The fourth-order valence-corrected chi connectivity index (χ4v) is 2.10. The first kappa shape index (κ1) is 15.1. The van der Waals surface area contributed by atoms with E-state index in [2.05, 4.69) is 0 Å².